The summed E-state index contributed by atoms with van der Waals surface area (Å²) in [5, 5.41) is 3.14. The molecule has 0 radical (unpaired) electrons. The maximum absolute atomic E-state index is 12.7. The first kappa shape index (κ1) is 19.5. The van der Waals surface area contributed by atoms with Crippen LogP contribution in [0.4, 0.5) is 5.69 Å². The fourth-order valence-corrected chi connectivity index (χ4v) is 2.60. The van der Waals surface area contributed by atoms with Crippen LogP contribution in [0, 0.1) is 0 Å². The summed E-state index contributed by atoms with van der Waals surface area (Å²) in [7, 11) is 7.41. The third-order valence-corrected chi connectivity index (χ3v) is 3.94. The summed E-state index contributed by atoms with van der Waals surface area (Å²) >= 11 is 6.08. The third-order valence-electron chi connectivity index (χ3n) is 3.65. The van der Waals surface area contributed by atoms with Crippen LogP contribution in [0.2, 0.25) is 5.02 Å². The highest BCUT2D eigenvalue weighted by Crippen LogP contribution is 2.39. The van der Waals surface area contributed by atoms with E-state index < -0.39 is 5.91 Å². The van der Waals surface area contributed by atoms with E-state index in [4.69, 9.17) is 35.3 Å². The molecule has 7 nitrogen and oxygen atoms in total. The molecule has 0 heterocycles. The van der Waals surface area contributed by atoms with Crippen molar-refractivity contribution in [1.82, 2.24) is 0 Å². The molecule has 8 heteroatoms. The fourth-order valence-electron chi connectivity index (χ4n) is 2.36. The molecule has 140 valence electrons. The van der Waals surface area contributed by atoms with Gasteiger partial charge in [-0.25, -0.2) is 0 Å². The van der Waals surface area contributed by atoms with Crippen molar-refractivity contribution >= 4 is 23.2 Å². The molecule has 2 aromatic carbocycles. The molecule has 0 unspecified atom stereocenters. The van der Waals surface area contributed by atoms with Crippen LogP contribution in [0.25, 0.3) is 0 Å². The van der Waals surface area contributed by atoms with Gasteiger partial charge >= 0.3 is 0 Å². The number of halogens is 1. The molecule has 0 fully saturated rings. The molecule has 2 rings (SSSR count). The van der Waals surface area contributed by atoms with Crippen LogP contribution >= 0.6 is 11.6 Å². The Hall–Kier alpha value is -2.80. The number of anilines is 1. The average molecular weight is 382 g/mol. The SMILES string of the molecule is COc1cc(NC(=O)c2cc(OC)c(OC)c(OC)c2)c(OC)cc1Cl. The zero-order valence-corrected chi connectivity index (χ0v) is 15.9. The minimum absolute atomic E-state index is 0.315. The van der Waals surface area contributed by atoms with Gasteiger partial charge in [0.05, 0.1) is 46.3 Å². The molecule has 0 aromatic heterocycles. The van der Waals surface area contributed by atoms with Gasteiger partial charge in [-0.3, -0.25) is 4.79 Å². The van der Waals surface area contributed by atoms with Crippen molar-refractivity contribution < 1.29 is 28.5 Å². The van der Waals surface area contributed by atoms with Gasteiger partial charge in [-0.05, 0) is 12.1 Å². The summed E-state index contributed by atoms with van der Waals surface area (Å²) in [6.07, 6.45) is 0. The predicted octanol–water partition coefficient (Wildman–Crippen LogP) is 3.64. The molecule has 2 aromatic rings. The van der Waals surface area contributed by atoms with E-state index in [9.17, 15) is 4.79 Å². The van der Waals surface area contributed by atoms with Crippen LogP contribution < -0.4 is 29.0 Å². The maximum atomic E-state index is 12.7. The maximum Gasteiger partial charge on any atom is 0.256 e. The van der Waals surface area contributed by atoms with Crippen molar-refractivity contribution in [2.45, 2.75) is 0 Å². The van der Waals surface area contributed by atoms with Crippen molar-refractivity contribution in [2.75, 3.05) is 40.9 Å². The lowest BCUT2D eigenvalue weighted by molar-refractivity contribution is 0.102. The number of methoxy groups -OCH3 is 5. The van der Waals surface area contributed by atoms with E-state index in [1.807, 2.05) is 0 Å². The summed E-state index contributed by atoms with van der Waals surface area (Å²) in [6, 6.07) is 6.24. The third kappa shape index (κ3) is 3.88. The number of nitrogens with one attached hydrogen (secondary N) is 1. The van der Waals surface area contributed by atoms with Crippen molar-refractivity contribution in [2.24, 2.45) is 0 Å². The second-order valence-corrected chi connectivity index (χ2v) is 5.46. The molecule has 0 aliphatic carbocycles. The van der Waals surface area contributed by atoms with E-state index in [2.05, 4.69) is 5.32 Å². The van der Waals surface area contributed by atoms with Crippen molar-refractivity contribution in [3.05, 3.63) is 34.9 Å². The molecule has 0 saturated carbocycles. The predicted molar refractivity (Wildman–Crippen MR) is 98.6 cm³/mol. The van der Waals surface area contributed by atoms with Gasteiger partial charge < -0.3 is 29.0 Å². The van der Waals surface area contributed by atoms with Crippen molar-refractivity contribution in [1.29, 1.82) is 0 Å². The Labute approximate surface area is 156 Å². The Balaban J connectivity index is 2.42. The van der Waals surface area contributed by atoms with E-state index in [1.165, 1.54) is 35.5 Å². The highest BCUT2D eigenvalue weighted by molar-refractivity contribution is 6.32. The zero-order valence-electron chi connectivity index (χ0n) is 15.1. The molecule has 0 aliphatic rings. The Kier molecular flexibility index (Phi) is 6.41. The lowest BCUT2D eigenvalue weighted by Crippen LogP contribution is -2.13. The summed E-state index contributed by atoms with van der Waals surface area (Å²) in [4.78, 5) is 12.7. The lowest BCUT2D eigenvalue weighted by atomic mass is 10.1. The minimum atomic E-state index is -0.396. The van der Waals surface area contributed by atoms with Gasteiger partial charge in [0.15, 0.2) is 11.5 Å². The number of amides is 1. The van der Waals surface area contributed by atoms with Gasteiger partial charge in [0.1, 0.15) is 11.5 Å². The largest absolute Gasteiger partial charge is 0.495 e. The van der Waals surface area contributed by atoms with E-state index >= 15 is 0 Å². The normalized spacial score (nSPS) is 10.1. The van der Waals surface area contributed by atoms with Crippen LogP contribution in [0.3, 0.4) is 0 Å². The van der Waals surface area contributed by atoms with Crippen LogP contribution in [-0.2, 0) is 0 Å². The molecule has 1 amide bonds. The number of carbonyl (C=O) groups is 1. The van der Waals surface area contributed by atoms with Gasteiger partial charge in [-0.1, -0.05) is 11.6 Å². The van der Waals surface area contributed by atoms with E-state index in [0.29, 0.717) is 45.0 Å². The summed E-state index contributed by atoms with van der Waals surface area (Å²) in [6.45, 7) is 0. The van der Waals surface area contributed by atoms with E-state index in [-0.39, 0.29) is 0 Å². The first-order chi connectivity index (χ1) is 12.5. The molecular weight excluding hydrogens is 362 g/mol. The molecule has 26 heavy (non-hydrogen) atoms. The van der Waals surface area contributed by atoms with Gasteiger partial charge in [0.2, 0.25) is 5.75 Å². The summed E-state index contributed by atoms with van der Waals surface area (Å²) in [5.74, 6) is 1.56. The lowest BCUT2D eigenvalue weighted by Gasteiger charge is -2.15. The molecule has 0 bridgehead atoms. The second kappa shape index (κ2) is 8.53. The Bertz CT molecular complexity index is 784. The second-order valence-electron chi connectivity index (χ2n) is 5.06. The van der Waals surface area contributed by atoms with E-state index in [0.717, 1.165) is 0 Å². The van der Waals surface area contributed by atoms with Gasteiger partial charge in [-0.2, -0.15) is 0 Å². The molecular formula is C18H20ClNO6. The van der Waals surface area contributed by atoms with Crippen molar-refractivity contribution in [3.8, 4) is 28.7 Å². The minimum Gasteiger partial charge on any atom is -0.495 e. The van der Waals surface area contributed by atoms with Crippen LogP contribution in [0.1, 0.15) is 10.4 Å². The number of hydrogen-bond acceptors (Lipinski definition) is 6. The zero-order chi connectivity index (χ0) is 19.3. The van der Waals surface area contributed by atoms with Gasteiger partial charge in [0, 0.05) is 17.7 Å². The first-order valence-corrected chi connectivity index (χ1v) is 7.89. The summed E-state index contributed by atoms with van der Waals surface area (Å²) < 4.78 is 26.2. The monoisotopic (exact) mass is 381 g/mol. The molecule has 0 saturated heterocycles. The van der Waals surface area contributed by atoms with Crippen molar-refractivity contribution in [3.63, 3.8) is 0 Å². The molecule has 1 N–H and O–H groups in total. The Morgan fingerprint density at radius 2 is 1.31 bits per heavy atom. The Morgan fingerprint density at radius 1 is 0.769 bits per heavy atom. The van der Waals surface area contributed by atoms with Crippen LogP contribution in [0.5, 0.6) is 28.7 Å². The van der Waals surface area contributed by atoms with E-state index in [1.54, 1.807) is 24.3 Å². The first-order valence-electron chi connectivity index (χ1n) is 7.51. The Morgan fingerprint density at radius 3 is 1.77 bits per heavy atom. The highest BCUT2D eigenvalue weighted by Gasteiger charge is 2.19. The number of ether oxygens (including phenoxy) is 5. The summed E-state index contributed by atoms with van der Waals surface area (Å²) in [5.41, 5.74) is 0.725. The standard InChI is InChI=1S/C18H20ClNO6/c1-22-13-9-12(14(23-2)8-11(13)19)20-18(21)10-6-15(24-3)17(26-5)16(7-10)25-4/h6-9H,1-5H3,(H,20,21). The topological polar surface area (TPSA) is 75.3 Å². The molecule has 0 atom stereocenters. The number of rotatable bonds is 7. The number of hydrogen-bond donors (Lipinski definition) is 1. The number of benzene rings is 2. The molecule has 0 aliphatic heterocycles. The van der Waals surface area contributed by atoms with Crippen LogP contribution in [0.15, 0.2) is 24.3 Å². The molecule has 0 spiro atoms. The highest BCUT2D eigenvalue weighted by atomic mass is 35.5. The average Bonchev–Trinajstić information content (AvgIpc) is 2.67. The smallest absolute Gasteiger partial charge is 0.256 e. The quantitative estimate of drug-likeness (QED) is 0.789. The van der Waals surface area contributed by atoms with Gasteiger partial charge in [-0.15, -0.1) is 0 Å². The fraction of sp³-hybridized carbons (Fsp3) is 0.278. The number of carbonyl (C=O) groups excluding carboxylic acids is 1. The van der Waals surface area contributed by atoms with Crippen LogP contribution in [-0.4, -0.2) is 41.5 Å². The van der Waals surface area contributed by atoms with Gasteiger partial charge in [0.25, 0.3) is 5.91 Å².